The van der Waals surface area contributed by atoms with E-state index in [-0.39, 0.29) is 35.5 Å². The van der Waals surface area contributed by atoms with Crippen molar-refractivity contribution in [1.29, 1.82) is 0 Å². The third kappa shape index (κ3) is 12.4. The molecular formula is C33H42Cl2FN3O5. The van der Waals surface area contributed by atoms with Gasteiger partial charge in [-0.05, 0) is 67.7 Å². The van der Waals surface area contributed by atoms with Crippen LogP contribution in [-0.4, -0.2) is 67.4 Å². The van der Waals surface area contributed by atoms with E-state index >= 15 is 4.39 Å². The summed E-state index contributed by atoms with van der Waals surface area (Å²) >= 11 is 11.7. The number of allylic oxidation sites excluding steroid dienone is 4. The molecule has 2 heterocycles. The van der Waals surface area contributed by atoms with Crippen LogP contribution in [0.3, 0.4) is 0 Å². The zero-order valence-corrected chi connectivity index (χ0v) is 26.9. The molecule has 11 heteroatoms. The van der Waals surface area contributed by atoms with Gasteiger partial charge in [-0.15, -0.1) is 0 Å². The molecule has 4 atom stereocenters. The Morgan fingerprint density at radius 3 is 2.50 bits per heavy atom. The highest BCUT2D eigenvalue weighted by molar-refractivity contribution is 6.31. The molecule has 8 nitrogen and oxygen atoms in total. The molecule has 0 spiro atoms. The van der Waals surface area contributed by atoms with Crippen LogP contribution in [0.2, 0.25) is 5.02 Å². The monoisotopic (exact) mass is 649 g/mol. The molecule has 240 valence electrons. The molecule has 44 heavy (non-hydrogen) atoms. The highest BCUT2D eigenvalue weighted by atomic mass is 35.5. The number of ether oxygens (including phenoxy) is 2. The number of aryl methyl sites for hydroxylation is 1. The van der Waals surface area contributed by atoms with Crippen molar-refractivity contribution in [2.24, 2.45) is 11.8 Å². The summed E-state index contributed by atoms with van der Waals surface area (Å²) in [6.07, 6.45) is 5.46. The number of rotatable bonds is 8. The van der Waals surface area contributed by atoms with Gasteiger partial charge in [0.05, 0.1) is 26.4 Å². The van der Waals surface area contributed by atoms with Crippen molar-refractivity contribution in [3.05, 3.63) is 94.8 Å². The second-order valence-corrected chi connectivity index (χ2v) is 11.4. The quantitative estimate of drug-likeness (QED) is 0.175. The average Bonchev–Trinajstić information content (AvgIpc) is 3.63. The standard InChI is InChI=1S/C23H27Cl2FN2O3.C7H9N.C3H6O2/c1-15(24)4-2-7-21(26)20-11-19(13-29)28(12-16-8-9-31-14-16)22(20)23(30)27-18-6-3-5-17(25)10-18;1-6-4-2-3-5-7(6)8;1-3(4)5-2/h2-7,10,16,19-20,22,29H,1,8-9,11-14H2,(H,27,30);2-5H,8H2,1H3;1-2H3/b4-2-,21-7-;;/t16?,19-,20?,22?;;/m1../s1. The number of carbonyl (C=O) groups is 2. The van der Waals surface area contributed by atoms with Crippen LogP contribution in [0.1, 0.15) is 25.3 Å². The minimum absolute atomic E-state index is 0.160. The van der Waals surface area contributed by atoms with E-state index < -0.39 is 17.8 Å². The Kier molecular flexibility index (Phi) is 16.2. The fraction of sp³-hybridized carbons (Fsp3) is 0.394. The van der Waals surface area contributed by atoms with Crippen molar-refractivity contribution in [1.82, 2.24) is 4.90 Å². The van der Waals surface area contributed by atoms with Crippen LogP contribution >= 0.6 is 23.2 Å². The molecule has 4 rings (SSSR count). The largest absolute Gasteiger partial charge is 0.469 e. The van der Waals surface area contributed by atoms with Crippen molar-refractivity contribution < 1.29 is 28.6 Å². The van der Waals surface area contributed by atoms with Gasteiger partial charge in [0.2, 0.25) is 5.91 Å². The van der Waals surface area contributed by atoms with Crippen molar-refractivity contribution in [3.8, 4) is 0 Å². The highest BCUT2D eigenvalue weighted by Crippen LogP contribution is 2.37. The molecule has 0 radical (unpaired) electrons. The van der Waals surface area contributed by atoms with Gasteiger partial charge in [-0.1, -0.05) is 60.1 Å². The lowest BCUT2D eigenvalue weighted by Gasteiger charge is -2.31. The maximum Gasteiger partial charge on any atom is 0.302 e. The number of esters is 1. The van der Waals surface area contributed by atoms with E-state index in [1.807, 2.05) is 36.1 Å². The van der Waals surface area contributed by atoms with Crippen molar-refractivity contribution in [3.63, 3.8) is 0 Å². The van der Waals surface area contributed by atoms with Crippen molar-refractivity contribution in [2.75, 3.05) is 44.5 Å². The molecular weight excluding hydrogens is 608 g/mol. The molecule has 3 unspecified atom stereocenters. The molecule has 1 amide bonds. The first-order chi connectivity index (χ1) is 21.0. The highest BCUT2D eigenvalue weighted by Gasteiger charge is 2.47. The summed E-state index contributed by atoms with van der Waals surface area (Å²) in [5.41, 5.74) is 8.07. The fourth-order valence-electron chi connectivity index (χ4n) is 4.82. The van der Waals surface area contributed by atoms with Crippen LogP contribution in [0.5, 0.6) is 0 Å². The van der Waals surface area contributed by atoms with Gasteiger partial charge in [-0.3, -0.25) is 14.5 Å². The maximum absolute atomic E-state index is 15.2. The first-order valence-corrected chi connectivity index (χ1v) is 15.0. The number of halogens is 3. The number of benzene rings is 2. The number of aliphatic hydroxyl groups is 1. The second-order valence-electron chi connectivity index (χ2n) is 10.5. The minimum atomic E-state index is -0.777. The van der Waals surface area contributed by atoms with Crippen LogP contribution in [-0.2, 0) is 19.1 Å². The lowest BCUT2D eigenvalue weighted by Crippen LogP contribution is -2.48. The third-order valence-corrected chi connectivity index (χ3v) is 7.52. The van der Waals surface area contributed by atoms with E-state index in [1.165, 1.54) is 32.3 Å². The van der Waals surface area contributed by atoms with E-state index in [9.17, 15) is 14.7 Å². The lowest BCUT2D eigenvalue weighted by atomic mass is 9.96. The molecule has 2 aromatic rings. The van der Waals surface area contributed by atoms with E-state index in [0.29, 0.717) is 36.9 Å². The first-order valence-electron chi connectivity index (χ1n) is 14.2. The van der Waals surface area contributed by atoms with Gasteiger partial charge < -0.3 is 25.6 Å². The molecule has 0 aromatic heterocycles. The fourth-order valence-corrected chi connectivity index (χ4v) is 5.08. The van der Waals surface area contributed by atoms with Crippen LogP contribution in [0, 0.1) is 18.8 Å². The summed E-state index contributed by atoms with van der Waals surface area (Å²) in [7, 11) is 1.35. The van der Waals surface area contributed by atoms with Gasteiger partial charge in [0.1, 0.15) is 5.83 Å². The number of amides is 1. The minimum Gasteiger partial charge on any atom is -0.469 e. The van der Waals surface area contributed by atoms with Gasteiger partial charge in [0, 0.05) is 53.5 Å². The van der Waals surface area contributed by atoms with E-state index in [1.54, 1.807) is 24.3 Å². The average molecular weight is 651 g/mol. The molecule has 2 saturated heterocycles. The predicted molar refractivity (Wildman–Crippen MR) is 175 cm³/mol. The van der Waals surface area contributed by atoms with Crippen LogP contribution in [0.15, 0.2) is 84.2 Å². The summed E-state index contributed by atoms with van der Waals surface area (Å²) in [6, 6.07) is 13.5. The molecule has 0 bridgehead atoms. The predicted octanol–water partition coefficient (Wildman–Crippen LogP) is 6.29. The molecule has 0 saturated carbocycles. The Labute approximate surface area is 269 Å². The first kappa shape index (κ1) is 37.0. The van der Waals surface area contributed by atoms with Crippen LogP contribution in [0.4, 0.5) is 15.8 Å². The number of aliphatic hydroxyl groups excluding tert-OH is 1. The number of para-hydroxylation sites is 1. The Bertz CT molecular complexity index is 1280. The summed E-state index contributed by atoms with van der Waals surface area (Å²) in [6.45, 7) is 8.56. The van der Waals surface area contributed by atoms with E-state index in [2.05, 4.69) is 16.6 Å². The number of hydrogen-bond donors (Lipinski definition) is 3. The van der Waals surface area contributed by atoms with Gasteiger partial charge in [-0.2, -0.15) is 0 Å². The Morgan fingerprint density at radius 1 is 1.27 bits per heavy atom. The molecule has 0 aliphatic carbocycles. The lowest BCUT2D eigenvalue weighted by molar-refractivity contribution is -0.138. The number of likely N-dealkylation sites (tertiary alicyclic amines) is 1. The summed E-state index contributed by atoms with van der Waals surface area (Å²) in [5.74, 6) is -1.49. The number of nitrogens with one attached hydrogen (secondary N) is 1. The van der Waals surface area contributed by atoms with Gasteiger partial charge >= 0.3 is 5.97 Å². The van der Waals surface area contributed by atoms with Crippen molar-refractivity contribution >= 4 is 46.5 Å². The number of hydrogen-bond acceptors (Lipinski definition) is 7. The number of methoxy groups -OCH3 is 1. The SMILES string of the molecule is C=C(Cl)/C=C\C=C(/F)C1C[C@H](CO)N(CC2CCOC2)C1C(=O)Nc1cccc(Cl)c1.COC(C)=O.Cc1ccccc1N. The van der Waals surface area contributed by atoms with Gasteiger partial charge in [0.25, 0.3) is 0 Å². The summed E-state index contributed by atoms with van der Waals surface area (Å²) < 4.78 is 24.8. The molecule has 2 aliphatic rings. The molecule has 2 aliphatic heterocycles. The van der Waals surface area contributed by atoms with Gasteiger partial charge in [-0.25, -0.2) is 4.39 Å². The smallest absolute Gasteiger partial charge is 0.302 e. The Hall–Kier alpha value is -3.21. The van der Waals surface area contributed by atoms with E-state index in [0.717, 1.165) is 17.7 Å². The second kappa shape index (κ2) is 19.2. The number of nitrogen functional groups attached to an aromatic ring is 1. The Balaban J connectivity index is 0.000000429. The summed E-state index contributed by atoms with van der Waals surface area (Å²) in [5, 5.41) is 13.6. The van der Waals surface area contributed by atoms with Gasteiger partial charge in [0.15, 0.2) is 0 Å². The molecule has 2 aromatic carbocycles. The third-order valence-electron chi connectivity index (χ3n) is 7.16. The number of nitrogens with two attached hydrogens (primary N) is 1. The topological polar surface area (TPSA) is 114 Å². The van der Waals surface area contributed by atoms with E-state index in [4.69, 9.17) is 33.7 Å². The summed E-state index contributed by atoms with van der Waals surface area (Å²) in [4.78, 5) is 24.8. The van der Waals surface area contributed by atoms with Crippen LogP contribution < -0.4 is 11.1 Å². The van der Waals surface area contributed by atoms with Crippen molar-refractivity contribution in [2.45, 2.75) is 38.8 Å². The Morgan fingerprint density at radius 2 is 1.98 bits per heavy atom. The normalized spacial score (nSPS) is 21.6. The maximum atomic E-state index is 15.2. The van der Waals surface area contributed by atoms with Crippen LogP contribution in [0.25, 0.3) is 0 Å². The number of nitrogens with zero attached hydrogens (tertiary/aromatic N) is 1. The molecule has 4 N–H and O–H groups in total. The number of anilines is 2. The number of carbonyl (C=O) groups excluding carboxylic acids is 2. The molecule has 2 fully saturated rings. The zero-order valence-electron chi connectivity index (χ0n) is 25.3. The zero-order chi connectivity index (χ0) is 32.6.